The first kappa shape index (κ1) is 23.9. The largest absolute Gasteiger partial charge is 0.435 e. The summed E-state index contributed by atoms with van der Waals surface area (Å²) < 4.78 is 61.3. The average molecular weight is 472 g/mol. The number of aliphatic hydroxyl groups is 1. The van der Waals surface area contributed by atoms with Crippen LogP contribution in [0.5, 0.6) is 0 Å². The maximum Gasteiger partial charge on any atom is 0.435 e. The van der Waals surface area contributed by atoms with Crippen LogP contribution in [0.1, 0.15) is 46.1 Å². The molecule has 11 heteroatoms. The van der Waals surface area contributed by atoms with E-state index in [0.717, 1.165) is 10.5 Å². The number of nitrogens with one attached hydrogen (secondary N) is 1. The molecule has 2 fully saturated rings. The number of likely N-dealkylation sites (tertiary alicyclic amines) is 1. The zero-order valence-corrected chi connectivity index (χ0v) is 19.1. The highest BCUT2D eigenvalue weighted by molar-refractivity contribution is 5.83. The van der Waals surface area contributed by atoms with Gasteiger partial charge in [-0.25, -0.2) is 9.37 Å². The highest BCUT2D eigenvalue weighted by Crippen LogP contribution is 2.52. The Labute approximate surface area is 188 Å². The van der Waals surface area contributed by atoms with Gasteiger partial charge in [-0.15, -0.1) is 0 Å². The number of alkyl halides is 3. The van der Waals surface area contributed by atoms with Crippen molar-refractivity contribution in [3.63, 3.8) is 0 Å². The Hall–Kier alpha value is -2.24. The molecule has 1 amide bonds. The number of aliphatic hydroxyl groups excluding tert-OH is 1. The van der Waals surface area contributed by atoms with Gasteiger partial charge in [-0.1, -0.05) is 0 Å². The molecule has 0 aromatic carbocycles. The zero-order valence-electron chi connectivity index (χ0n) is 19.1. The maximum atomic E-state index is 14.3. The number of hydrogen-bond acceptors (Lipinski definition) is 5. The van der Waals surface area contributed by atoms with Crippen LogP contribution in [-0.4, -0.2) is 50.4 Å². The number of pyridine rings is 1. The first-order valence-corrected chi connectivity index (χ1v) is 10.8. The summed E-state index contributed by atoms with van der Waals surface area (Å²) in [4.78, 5) is 18.4. The number of carbonyl (C=O) groups is 1. The Kier molecular flexibility index (Phi) is 5.53. The van der Waals surface area contributed by atoms with Crippen LogP contribution < -0.4 is 5.32 Å². The third-order valence-electron chi connectivity index (χ3n) is 6.17. The maximum absolute atomic E-state index is 14.3. The second-order valence-corrected chi connectivity index (χ2v) is 10.3. The normalized spacial score (nSPS) is 24.7. The summed E-state index contributed by atoms with van der Waals surface area (Å²) in [6, 6.07) is 2.23. The number of amides is 1. The molecule has 1 aliphatic heterocycles. The monoisotopic (exact) mass is 472 g/mol. The van der Waals surface area contributed by atoms with Crippen LogP contribution in [0.2, 0.25) is 0 Å². The number of piperidine rings is 1. The van der Waals surface area contributed by atoms with E-state index < -0.39 is 40.8 Å². The van der Waals surface area contributed by atoms with Gasteiger partial charge in [-0.05, 0) is 58.6 Å². The number of ether oxygens (including phenoxy) is 1. The molecule has 2 aromatic rings. The third kappa shape index (κ3) is 4.45. The van der Waals surface area contributed by atoms with E-state index in [9.17, 15) is 27.5 Å². The fraction of sp³-hybridized carbons (Fsp3) is 0.636. The van der Waals surface area contributed by atoms with Crippen molar-refractivity contribution in [1.82, 2.24) is 19.6 Å². The molecular formula is C22H28F4N4O3. The van der Waals surface area contributed by atoms with Crippen LogP contribution in [0.15, 0.2) is 18.3 Å². The number of imidazole rings is 1. The van der Waals surface area contributed by atoms with E-state index in [1.807, 2.05) is 20.8 Å². The minimum atomic E-state index is -4.85. The molecule has 4 rings (SSSR count). The Bertz CT molecular complexity index is 1060. The SMILES string of the molecule is CC(C)(C)OC(O)N1C[C@@H]2[C@H](C1)[C@H]2C(=O)NC(C)(C)c1nc(C(F)(F)F)c2c(F)cccn12. The van der Waals surface area contributed by atoms with Crippen molar-refractivity contribution in [1.29, 1.82) is 0 Å². The standard InChI is InChI=1S/C22H28F4N4O3/c1-20(2,3)33-19(32)29-9-11-12(10-29)14(11)17(31)28-21(4,5)18-27-16(22(24,25)26)15-13(23)7-6-8-30(15)18/h6-8,11-12,14,19,32H,9-10H2,1-5H3,(H,28,31)/t11-,12+,14+,19?. The van der Waals surface area contributed by atoms with Crippen LogP contribution >= 0.6 is 0 Å². The molecule has 0 bridgehead atoms. The number of aromatic nitrogens is 2. The molecule has 7 nitrogen and oxygen atoms in total. The van der Waals surface area contributed by atoms with Gasteiger partial charge in [0, 0.05) is 25.2 Å². The molecule has 182 valence electrons. The summed E-state index contributed by atoms with van der Waals surface area (Å²) in [6.07, 6.45) is -4.62. The van der Waals surface area contributed by atoms with Gasteiger partial charge in [-0.3, -0.25) is 14.1 Å². The van der Waals surface area contributed by atoms with Gasteiger partial charge in [0.2, 0.25) is 12.3 Å². The fourth-order valence-electron chi connectivity index (χ4n) is 4.70. The zero-order chi connectivity index (χ0) is 24.5. The average Bonchev–Trinajstić information content (AvgIpc) is 3.00. The van der Waals surface area contributed by atoms with E-state index in [-0.39, 0.29) is 29.5 Å². The minimum Gasteiger partial charge on any atom is -0.356 e. The predicted molar refractivity (Wildman–Crippen MR) is 110 cm³/mol. The summed E-state index contributed by atoms with van der Waals surface area (Å²) in [5.74, 6) is -1.72. The Morgan fingerprint density at radius 3 is 2.36 bits per heavy atom. The van der Waals surface area contributed by atoms with E-state index in [0.29, 0.717) is 13.1 Å². The van der Waals surface area contributed by atoms with Gasteiger partial charge in [0.1, 0.15) is 17.2 Å². The highest BCUT2D eigenvalue weighted by atomic mass is 19.4. The lowest BCUT2D eigenvalue weighted by molar-refractivity contribution is -0.236. The van der Waals surface area contributed by atoms with Crippen molar-refractivity contribution in [2.24, 2.45) is 17.8 Å². The Balaban J connectivity index is 1.49. The number of halogens is 4. The van der Waals surface area contributed by atoms with Crippen molar-refractivity contribution < 1.29 is 32.2 Å². The van der Waals surface area contributed by atoms with E-state index in [1.165, 1.54) is 26.1 Å². The number of rotatable bonds is 5. The van der Waals surface area contributed by atoms with Crippen molar-refractivity contribution in [3.8, 4) is 0 Å². The molecule has 3 heterocycles. The van der Waals surface area contributed by atoms with Crippen LogP contribution in [0.3, 0.4) is 0 Å². The predicted octanol–water partition coefficient (Wildman–Crippen LogP) is 3.11. The van der Waals surface area contributed by atoms with Gasteiger partial charge in [-0.2, -0.15) is 13.2 Å². The summed E-state index contributed by atoms with van der Waals surface area (Å²) in [5.41, 5.74) is -3.81. The third-order valence-corrected chi connectivity index (χ3v) is 6.17. The second kappa shape index (κ2) is 7.64. The quantitative estimate of drug-likeness (QED) is 0.517. The van der Waals surface area contributed by atoms with Gasteiger partial charge < -0.3 is 15.2 Å². The lowest BCUT2D eigenvalue weighted by Gasteiger charge is -2.31. The number of hydrogen-bond donors (Lipinski definition) is 2. The van der Waals surface area contributed by atoms with Gasteiger partial charge in [0.05, 0.1) is 11.1 Å². The van der Waals surface area contributed by atoms with Crippen molar-refractivity contribution in [2.75, 3.05) is 13.1 Å². The summed E-state index contributed by atoms with van der Waals surface area (Å²) in [6.45, 7) is 9.54. The fourth-order valence-corrected chi connectivity index (χ4v) is 4.70. The molecular weight excluding hydrogens is 444 g/mol. The molecule has 2 aliphatic rings. The summed E-state index contributed by atoms with van der Waals surface area (Å²) in [7, 11) is 0. The molecule has 2 N–H and O–H groups in total. The van der Waals surface area contributed by atoms with Crippen molar-refractivity contribution in [2.45, 2.75) is 58.3 Å². The van der Waals surface area contributed by atoms with E-state index in [2.05, 4.69) is 10.3 Å². The van der Waals surface area contributed by atoms with Crippen LogP contribution in [0.25, 0.3) is 5.52 Å². The molecule has 0 spiro atoms. The first-order chi connectivity index (χ1) is 15.1. The number of fused-ring (bicyclic) bond motifs is 2. The highest BCUT2D eigenvalue weighted by Gasteiger charge is 2.61. The van der Waals surface area contributed by atoms with Crippen LogP contribution in [0, 0.1) is 23.6 Å². The lowest BCUT2D eigenvalue weighted by atomic mass is 10.0. The van der Waals surface area contributed by atoms with Gasteiger partial charge in [0.15, 0.2) is 5.69 Å². The Morgan fingerprint density at radius 1 is 1.21 bits per heavy atom. The lowest BCUT2D eigenvalue weighted by Crippen LogP contribution is -2.46. The summed E-state index contributed by atoms with van der Waals surface area (Å²) >= 11 is 0. The van der Waals surface area contributed by atoms with E-state index in [4.69, 9.17) is 4.74 Å². The molecule has 1 saturated carbocycles. The molecule has 33 heavy (non-hydrogen) atoms. The topological polar surface area (TPSA) is 79.1 Å². The van der Waals surface area contributed by atoms with Gasteiger partial charge in [0.25, 0.3) is 0 Å². The summed E-state index contributed by atoms with van der Waals surface area (Å²) in [5, 5.41) is 13.0. The smallest absolute Gasteiger partial charge is 0.356 e. The number of nitrogens with zero attached hydrogens (tertiary/aromatic N) is 3. The molecule has 4 atom stereocenters. The van der Waals surface area contributed by atoms with E-state index >= 15 is 0 Å². The molecule has 1 unspecified atom stereocenters. The first-order valence-electron chi connectivity index (χ1n) is 10.8. The van der Waals surface area contributed by atoms with Crippen LogP contribution in [-0.2, 0) is 21.2 Å². The van der Waals surface area contributed by atoms with E-state index in [1.54, 1.807) is 4.90 Å². The minimum absolute atomic E-state index is 0.0271. The molecule has 1 saturated heterocycles. The van der Waals surface area contributed by atoms with Crippen LogP contribution in [0.4, 0.5) is 17.6 Å². The molecule has 1 aliphatic carbocycles. The number of carbonyl (C=O) groups excluding carboxylic acids is 1. The van der Waals surface area contributed by atoms with Crippen molar-refractivity contribution >= 4 is 11.4 Å². The Morgan fingerprint density at radius 2 is 1.82 bits per heavy atom. The molecule has 2 aromatic heterocycles. The second-order valence-electron chi connectivity index (χ2n) is 10.3. The van der Waals surface area contributed by atoms with Crippen molar-refractivity contribution in [3.05, 3.63) is 35.7 Å². The van der Waals surface area contributed by atoms with Gasteiger partial charge >= 0.3 is 6.18 Å². The molecule has 0 radical (unpaired) electrons.